The molecule has 0 spiro atoms. The molecule has 2 rings (SSSR count). The Kier molecular flexibility index (Phi) is 5.37. The van der Waals surface area contributed by atoms with Crippen LogP contribution >= 0.6 is 15.9 Å². The van der Waals surface area contributed by atoms with Crippen LogP contribution in [0.25, 0.3) is 0 Å². The first-order chi connectivity index (χ1) is 9.99. The Hall–Kier alpha value is -1.39. The summed E-state index contributed by atoms with van der Waals surface area (Å²) in [5, 5.41) is 0. The van der Waals surface area contributed by atoms with Crippen molar-refractivity contribution in [1.29, 1.82) is 0 Å². The van der Waals surface area contributed by atoms with Gasteiger partial charge in [0.1, 0.15) is 5.75 Å². The molecule has 0 aromatic heterocycles. The van der Waals surface area contributed by atoms with E-state index in [9.17, 15) is 4.39 Å². The van der Waals surface area contributed by atoms with Gasteiger partial charge in [-0.15, -0.1) is 0 Å². The maximum absolute atomic E-state index is 13.9. The van der Waals surface area contributed by atoms with Crippen LogP contribution < -0.4 is 10.5 Å². The van der Waals surface area contributed by atoms with Crippen molar-refractivity contribution in [3.63, 3.8) is 0 Å². The Labute approximate surface area is 133 Å². The van der Waals surface area contributed by atoms with Crippen LogP contribution in [-0.2, 0) is 6.42 Å². The molecule has 2 nitrogen and oxygen atoms in total. The maximum atomic E-state index is 13.9. The zero-order valence-electron chi connectivity index (χ0n) is 12.2. The van der Waals surface area contributed by atoms with E-state index < -0.39 is 0 Å². The third-order valence-corrected chi connectivity index (χ3v) is 3.88. The molecule has 0 heterocycles. The largest absolute Gasteiger partial charge is 0.454 e. The summed E-state index contributed by atoms with van der Waals surface area (Å²) in [4.78, 5) is 0. The number of aryl methyl sites for hydroxylation is 1. The molecular weight excluding hydrogens is 333 g/mol. The highest BCUT2D eigenvalue weighted by Crippen LogP contribution is 2.30. The van der Waals surface area contributed by atoms with Gasteiger partial charge in [0.05, 0.1) is 0 Å². The lowest BCUT2D eigenvalue weighted by atomic mass is 10.0. The van der Waals surface area contributed by atoms with E-state index in [0.29, 0.717) is 10.2 Å². The van der Waals surface area contributed by atoms with E-state index in [2.05, 4.69) is 22.9 Å². The molecule has 0 aliphatic heterocycles. The number of hydrogen-bond acceptors (Lipinski definition) is 2. The van der Waals surface area contributed by atoms with Gasteiger partial charge in [0.15, 0.2) is 11.6 Å². The molecule has 21 heavy (non-hydrogen) atoms. The van der Waals surface area contributed by atoms with Gasteiger partial charge in [-0.2, -0.15) is 0 Å². The van der Waals surface area contributed by atoms with E-state index in [1.165, 1.54) is 6.07 Å². The van der Waals surface area contributed by atoms with Gasteiger partial charge in [0, 0.05) is 10.5 Å². The Morgan fingerprint density at radius 3 is 2.62 bits per heavy atom. The van der Waals surface area contributed by atoms with Crippen LogP contribution in [0.4, 0.5) is 4.39 Å². The summed E-state index contributed by atoms with van der Waals surface area (Å²) in [5.41, 5.74) is 8.04. The van der Waals surface area contributed by atoms with E-state index in [1.54, 1.807) is 12.1 Å². The lowest BCUT2D eigenvalue weighted by molar-refractivity contribution is 0.438. The molecule has 1 atom stereocenters. The van der Waals surface area contributed by atoms with Gasteiger partial charge in [0.2, 0.25) is 0 Å². The molecule has 0 saturated heterocycles. The molecule has 2 N–H and O–H groups in total. The molecule has 4 heteroatoms. The highest BCUT2D eigenvalue weighted by atomic mass is 79.9. The van der Waals surface area contributed by atoms with E-state index in [4.69, 9.17) is 10.5 Å². The van der Waals surface area contributed by atoms with Crippen molar-refractivity contribution in [2.24, 2.45) is 5.73 Å². The molecule has 0 amide bonds. The van der Waals surface area contributed by atoms with E-state index in [1.807, 2.05) is 25.1 Å². The van der Waals surface area contributed by atoms with Crippen LogP contribution in [0.3, 0.4) is 0 Å². The Balaban J connectivity index is 2.24. The molecule has 1 unspecified atom stereocenters. The van der Waals surface area contributed by atoms with Gasteiger partial charge in [-0.1, -0.05) is 35.0 Å². The number of rotatable bonds is 5. The highest BCUT2D eigenvalue weighted by molar-refractivity contribution is 9.10. The summed E-state index contributed by atoms with van der Waals surface area (Å²) in [7, 11) is 0. The number of nitrogens with two attached hydrogens (primary N) is 1. The fourth-order valence-corrected chi connectivity index (χ4v) is 2.34. The molecule has 0 aliphatic rings. The van der Waals surface area contributed by atoms with Gasteiger partial charge < -0.3 is 10.5 Å². The minimum absolute atomic E-state index is 0.130. The van der Waals surface area contributed by atoms with Crippen LogP contribution in [0.1, 0.15) is 24.5 Å². The summed E-state index contributed by atoms with van der Waals surface area (Å²) >= 11 is 3.23. The zero-order chi connectivity index (χ0) is 15.4. The molecule has 0 fully saturated rings. The van der Waals surface area contributed by atoms with Crippen molar-refractivity contribution in [3.05, 3.63) is 57.8 Å². The molecule has 0 saturated carbocycles. The van der Waals surface area contributed by atoms with Crippen LogP contribution in [0, 0.1) is 12.7 Å². The van der Waals surface area contributed by atoms with E-state index >= 15 is 0 Å². The van der Waals surface area contributed by atoms with E-state index in [-0.39, 0.29) is 17.6 Å². The summed E-state index contributed by atoms with van der Waals surface area (Å²) in [5.74, 6) is 0.495. The van der Waals surface area contributed by atoms with E-state index in [0.717, 1.165) is 24.0 Å². The SMILES string of the molecule is CCC(N)Cc1ccc(C)c(Oc2ccc(Br)cc2F)c1. The highest BCUT2D eigenvalue weighted by Gasteiger charge is 2.09. The molecular formula is C17H19BrFNO. The van der Waals surface area contributed by atoms with Gasteiger partial charge in [-0.3, -0.25) is 0 Å². The second-order valence-electron chi connectivity index (χ2n) is 5.15. The minimum atomic E-state index is -0.389. The van der Waals surface area contributed by atoms with Gasteiger partial charge in [-0.05, 0) is 55.2 Å². The first kappa shape index (κ1) is 16.0. The number of benzene rings is 2. The van der Waals surface area contributed by atoms with Crippen LogP contribution in [0.15, 0.2) is 40.9 Å². The number of ether oxygens (including phenoxy) is 1. The lowest BCUT2D eigenvalue weighted by Crippen LogP contribution is -2.21. The minimum Gasteiger partial charge on any atom is -0.454 e. The molecule has 2 aromatic rings. The van der Waals surface area contributed by atoms with Crippen LogP contribution in [0.2, 0.25) is 0 Å². The summed E-state index contributed by atoms with van der Waals surface area (Å²) < 4.78 is 20.3. The summed E-state index contributed by atoms with van der Waals surface area (Å²) in [6.45, 7) is 4.00. The standard InChI is InChI=1S/C17H19BrFNO/c1-3-14(20)8-12-5-4-11(2)17(9-12)21-16-7-6-13(18)10-15(16)19/h4-7,9-10,14H,3,8,20H2,1-2H3. The van der Waals surface area contributed by atoms with Gasteiger partial charge >= 0.3 is 0 Å². The van der Waals surface area contributed by atoms with Gasteiger partial charge in [0.25, 0.3) is 0 Å². The Morgan fingerprint density at radius 2 is 1.95 bits per heavy atom. The first-order valence-electron chi connectivity index (χ1n) is 6.97. The van der Waals surface area contributed by atoms with Crippen molar-refractivity contribution in [1.82, 2.24) is 0 Å². The van der Waals surface area contributed by atoms with Crippen LogP contribution in [-0.4, -0.2) is 6.04 Å². The average molecular weight is 352 g/mol. The van der Waals surface area contributed by atoms with Gasteiger partial charge in [-0.25, -0.2) is 4.39 Å². The van der Waals surface area contributed by atoms with Crippen molar-refractivity contribution in [3.8, 4) is 11.5 Å². The van der Waals surface area contributed by atoms with Crippen molar-refractivity contribution in [2.45, 2.75) is 32.7 Å². The molecule has 2 aromatic carbocycles. The Morgan fingerprint density at radius 1 is 1.19 bits per heavy atom. The second kappa shape index (κ2) is 7.05. The van der Waals surface area contributed by atoms with Crippen molar-refractivity contribution >= 4 is 15.9 Å². The smallest absolute Gasteiger partial charge is 0.166 e. The predicted octanol–water partition coefficient (Wildman–Crippen LogP) is 4.97. The molecule has 0 bridgehead atoms. The van der Waals surface area contributed by atoms with Crippen LogP contribution in [0.5, 0.6) is 11.5 Å². The zero-order valence-corrected chi connectivity index (χ0v) is 13.8. The normalized spacial score (nSPS) is 12.2. The quantitative estimate of drug-likeness (QED) is 0.825. The summed E-state index contributed by atoms with van der Waals surface area (Å²) in [6, 6.07) is 10.8. The third-order valence-electron chi connectivity index (χ3n) is 3.39. The molecule has 0 aliphatic carbocycles. The monoisotopic (exact) mass is 351 g/mol. The van der Waals surface area contributed by atoms with Crippen molar-refractivity contribution in [2.75, 3.05) is 0 Å². The number of halogens is 2. The maximum Gasteiger partial charge on any atom is 0.166 e. The fourth-order valence-electron chi connectivity index (χ4n) is 2.00. The molecule has 112 valence electrons. The molecule has 0 radical (unpaired) electrons. The summed E-state index contributed by atoms with van der Waals surface area (Å²) in [6.07, 6.45) is 1.71. The van der Waals surface area contributed by atoms with Crippen molar-refractivity contribution < 1.29 is 9.13 Å². The number of hydrogen-bond donors (Lipinski definition) is 1. The Bertz CT molecular complexity index is 630. The topological polar surface area (TPSA) is 35.2 Å². The first-order valence-corrected chi connectivity index (χ1v) is 7.77. The lowest BCUT2D eigenvalue weighted by Gasteiger charge is -2.13. The second-order valence-corrected chi connectivity index (χ2v) is 6.06. The average Bonchev–Trinajstić information content (AvgIpc) is 2.45. The predicted molar refractivity (Wildman–Crippen MR) is 87.3 cm³/mol. The fraction of sp³-hybridized carbons (Fsp3) is 0.294. The third kappa shape index (κ3) is 4.29.